The molecule has 0 radical (unpaired) electrons. The zero-order valence-electron chi connectivity index (χ0n) is 55.3. The molecule has 0 atom stereocenters. The van der Waals surface area contributed by atoms with E-state index in [9.17, 15) is 45.8 Å². The van der Waals surface area contributed by atoms with Gasteiger partial charge in [0.2, 0.25) is 0 Å². The number of benzene rings is 6. The fourth-order valence-corrected chi connectivity index (χ4v) is 12.0. The average molecular weight is 1410 g/mol. The lowest BCUT2D eigenvalue weighted by molar-refractivity contribution is -0.0503. The Hall–Kier alpha value is -8.21. The third-order valence-corrected chi connectivity index (χ3v) is 18.8. The summed E-state index contributed by atoms with van der Waals surface area (Å²) >= 11 is 3.28. The molecule has 0 spiro atoms. The van der Waals surface area contributed by atoms with Crippen molar-refractivity contribution in [2.24, 2.45) is 0 Å². The number of phenols is 1. The Morgan fingerprint density at radius 2 is 0.784 bits per heavy atom. The molecule has 0 saturated carbocycles. The fourth-order valence-electron chi connectivity index (χ4n) is 11.7. The highest BCUT2D eigenvalue weighted by atomic mass is 79.9. The zero-order valence-corrected chi connectivity index (χ0v) is 56.9. The number of phenolic OH excluding ortho intramolecular Hbond substituents is 1. The van der Waals surface area contributed by atoms with Gasteiger partial charge in [0.05, 0.1) is 25.4 Å². The van der Waals surface area contributed by atoms with Gasteiger partial charge in [-0.25, -0.2) is 26.3 Å². The minimum atomic E-state index is -2.67. The summed E-state index contributed by atoms with van der Waals surface area (Å²) < 4.78 is 121. The number of halogens is 7. The number of fused-ring (bicyclic) bond motifs is 3. The van der Waals surface area contributed by atoms with Gasteiger partial charge >= 0.3 is 7.12 Å². The van der Waals surface area contributed by atoms with Gasteiger partial charge in [0, 0.05) is 134 Å². The van der Waals surface area contributed by atoms with E-state index in [1.165, 1.54) is 14.7 Å². The molecule has 3 aromatic heterocycles. The first kappa shape index (κ1) is 73.1. The van der Waals surface area contributed by atoms with Crippen LogP contribution in [0.15, 0.2) is 145 Å². The molecule has 4 saturated heterocycles. The maximum atomic E-state index is 13.3. The molecule has 0 aliphatic carbocycles. The lowest BCUT2D eigenvalue weighted by atomic mass is 9.78. The molecule has 0 bridgehead atoms. The number of aryl methyl sites for hydroxylation is 3. The molecule has 4 aliphatic rings. The number of carbonyl (C=O) groups is 3. The number of furan rings is 3. The first-order chi connectivity index (χ1) is 45.5. The lowest BCUT2D eigenvalue weighted by Gasteiger charge is -2.32. The number of hydrogen-bond donors (Lipinski definition) is 1. The highest BCUT2D eigenvalue weighted by Crippen LogP contribution is 2.40. The van der Waals surface area contributed by atoms with Gasteiger partial charge in [-0.15, -0.1) is 0 Å². The van der Waals surface area contributed by atoms with Crippen molar-refractivity contribution in [1.29, 1.82) is 0 Å². The fraction of sp³-hybridized carbons (Fsp3) is 0.400. The van der Waals surface area contributed by atoms with E-state index in [1.807, 2.05) is 68.4 Å². The van der Waals surface area contributed by atoms with E-state index in [2.05, 4.69) is 56.6 Å². The van der Waals surface area contributed by atoms with Crippen molar-refractivity contribution in [3.8, 4) is 39.5 Å². The van der Waals surface area contributed by atoms with Gasteiger partial charge in [-0.3, -0.25) is 14.4 Å². The second-order valence-electron chi connectivity index (χ2n) is 25.5. The van der Waals surface area contributed by atoms with E-state index in [1.54, 1.807) is 80.9 Å². The van der Waals surface area contributed by atoms with Crippen LogP contribution in [-0.2, 0) is 28.6 Å². The number of hydrogen-bond acceptors (Lipinski definition) is 11. The molecule has 22 heteroatoms. The molecule has 4 aliphatic heterocycles. The van der Waals surface area contributed by atoms with Crippen molar-refractivity contribution in [2.75, 3.05) is 53.5 Å². The molecule has 1 N–H and O–H groups in total. The molecule has 9 aromatic rings. The smallest absolute Gasteiger partial charge is 0.494 e. The number of amides is 3. The largest absolute Gasteiger partial charge is 0.504 e. The number of ether oxygens (including phenoxy) is 2. The molecule has 13 rings (SSSR count). The summed E-state index contributed by atoms with van der Waals surface area (Å²) in [6.45, 7) is 14.8. The number of rotatable bonds is 11. The van der Waals surface area contributed by atoms with E-state index in [4.69, 9.17) is 32.0 Å². The summed E-state index contributed by atoms with van der Waals surface area (Å²) in [5.74, 6) is -4.49. The first-order valence-corrected chi connectivity index (χ1v) is 33.1. The van der Waals surface area contributed by atoms with Crippen molar-refractivity contribution in [2.45, 2.75) is 143 Å². The number of methoxy groups -OCH3 is 2. The predicted octanol–water partition coefficient (Wildman–Crippen LogP) is 18.0. The van der Waals surface area contributed by atoms with Crippen LogP contribution < -0.4 is 14.9 Å². The molecule has 0 unspecified atom stereocenters. The highest BCUT2D eigenvalue weighted by Gasteiger charge is 2.52. The van der Waals surface area contributed by atoms with Gasteiger partial charge in [-0.1, -0.05) is 74.5 Å². The SMILES string of the molecule is C.CCc1cc2cc(-c3ccc(C(=O)N4CCC(F)(F)CC4)cc3)cc(O)c2o1.CCc1cc2cc(-c3ccc(C(=O)N4CCC(F)(F)CC4)cc3)cc(OC)c2o1.CCc1cc2cc(B3OC(C)(C)C(C)(C)O3)cc(OC)c2o1.O=C(c1ccc(Br)cc1)N1CCC(F)(F)CC1. The predicted molar refractivity (Wildman–Crippen MR) is 369 cm³/mol. The maximum Gasteiger partial charge on any atom is 0.494 e. The molecule has 4 fully saturated rings. The van der Waals surface area contributed by atoms with Gasteiger partial charge < -0.3 is 51.8 Å². The number of nitrogens with zero attached hydrogens (tertiary/aromatic N) is 3. The molecular weight excluding hydrogens is 1320 g/mol. The van der Waals surface area contributed by atoms with Crippen LogP contribution in [0.3, 0.4) is 0 Å². The summed E-state index contributed by atoms with van der Waals surface area (Å²) in [6, 6.07) is 38.6. The van der Waals surface area contributed by atoms with Crippen LogP contribution in [0.25, 0.3) is 55.2 Å². The number of likely N-dealkylation sites (tertiary alicyclic amines) is 3. The van der Waals surface area contributed by atoms with Gasteiger partial charge in [0.25, 0.3) is 35.5 Å². The third-order valence-electron chi connectivity index (χ3n) is 18.3. The van der Waals surface area contributed by atoms with E-state index in [0.29, 0.717) is 33.8 Å². The van der Waals surface area contributed by atoms with Crippen molar-refractivity contribution in [1.82, 2.24) is 14.7 Å². The molecular formula is C75H83BBrF6N3O11. The van der Waals surface area contributed by atoms with Gasteiger partial charge in [0.15, 0.2) is 34.0 Å². The number of alkyl halides is 6. The normalized spacial score (nSPS) is 17.4. The topological polar surface area (TPSA) is 158 Å². The van der Waals surface area contributed by atoms with Crippen LogP contribution >= 0.6 is 15.9 Å². The van der Waals surface area contributed by atoms with Crippen LogP contribution in [-0.4, -0.2) is 127 Å². The van der Waals surface area contributed by atoms with Crippen molar-refractivity contribution >= 4 is 79.1 Å². The first-order valence-electron chi connectivity index (χ1n) is 32.3. The third kappa shape index (κ3) is 17.0. The maximum absolute atomic E-state index is 13.3. The number of piperidine rings is 3. The van der Waals surface area contributed by atoms with Crippen LogP contribution in [0.4, 0.5) is 26.3 Å². The molecule has 6 aromatic carbocycles. The Labute approximate surface area is 570 Å². The summed E-state index contributed by atoms with van der Waals surface area (Å²) in [5.41, 5.74) is 7.26. The Bertz CT molecular complexity index is 4200. The van der Waals surface area contributed by atoms with Crippen molar-refractivity contribution in [3.63, 3.8) is 0 Å². The Kier molecular flexibility index (Phi) is 22.5. The van der Waals surface area contributed by atoms with Gasteiger partial charge in [-0.2, -0.15) is 0 Å². The molecule has 3 amide bonds. The number of aromatic hydroxyl groups is 1. The van der Waals surface area contributed by atoms with E-state index >= 15 is 0 Å². The minimum Gasteiger partial charge on any atom is -0.504 e. The van der Waals surface area contributed by atoms with Crippen LogP contribution in [0.1, 0.15) is 143 Å². The summed E-state index contributed by atoms with van der Waals surface area (Å²) in [4.78, 5) is 41.6. The molecule has 97 heavy (non-hydrogen) atoms. The lowest BCUT2D eigenvalue weighted by Crippen LogP contribution is -2.42. The van der Waals surface area contributed by atoms with E-state index < -0.39 is 24.9 Å². The number of carbonyl (C=O) groups excluding carboxylic acids is 3. The second-order valence-corrected chi connectivity index (χ2v) is 26.5. The minimum absolute atomic E-state index is 0. The highest BCUT2D eigenvalue weighted by molar-refractivity contribution is 9.10. The van der Waals surface area contributed by atoms with Crippen LogP contribution in [0, 0.1) is 0 Å². The summed E-state index contributed by atoms with van der Waals surface area (Å²) in [6.07, 6.45) is 0.770. The van der Waals surface area contributed by atoms with E-state index in [0.717, 1.165) is 96.1 Å². The molecule has 14 nitrogen and oxygen atoms in total. The Morgan fingerprint density at radius 1 is 0.464 bits per heavy atom. The average Bonchev–Trinajstić information content (AvgIpc) is 1.62. The monoisotopic (exact) mass is 1410 g/mol. The Balaban J connectivity index is 0.000000154. The van der Waals surface area contributed by atoms with Gasteiger partial charge in [0.1, 0.15) is 17.3 Å². The molecule has 7 heterocycles. The van der Waals surface area contributed by atoms with Crippen LogP contribution in [0.5, 0.6) is 17.2 Å². The van der Waals surface area contributed by atoms with Crippen LogP contribution in [0.2, 0.25) is 0 Å². The summed E-state index contributed by atoms with van der Waals surface area (Å²) in [7, 11) is 2.86. The standard InChI is InChI=1S/C23H23F2NO3.C22H21F2NO3.C17H23BO4.C12H12BrF2NO.CH4/c1-3-19-13-18-12-17(14-20(28-2)21(18)29-19)15-4-6-16(7-5-15)22(27)26-10-8-23(24,25)9-11-26;1-2-18-12-17-11-16(13-19(26)20(17)28-18)14-3-5-15(6-4-14)21(27)25-9-7-22(23,24)8-10-25;1-7-13-9-11-8-12(10-14(19-6)15(11)20-13)18-21-16(2,3)17(4,5)22-18;13-10-3-1-9(2-4-10)11(17)16-7-5-12(14,15)6-8-16;/h4-7,12-14H,3,8-11H2,1-2H3;3-6,11-13,26H,2,7-10H2,1H3;8-10H,7H2,1-6H3;1-4H,5-8H2;1H4. The van der Waals surface area contributed by atoms with Crippen molar-refractivity contribution in [3.05, 3.63) is 166 Å². The summed E-state index contributed by atoms with van der Waals surface area (Å²) in [5, 5.41) is 13.1. The quantitative estimate of drug-likeness (QED) is 0.0971. The second kappa shape index (κ2) is 29.9. The molecule has 516 valence electrons. The Morgan fingerprint density at radius 3 is 1.14 bits per heavy atom. The van der Waals surface area contributed by atoms with Crippen molar-refractivity contribution < 1.29 is 77.9 Å². The zero-order chi connectivity index (χ0) is 69.1. The van der Waals surface area contributed by atoms with Gasteiger partial charge in [-0.05, 0) is 152 Å². The van der Waals surface area contributed by atoms with E-state index in [-0.39, 0.29) is 120 Å².